The number of hydrogen-bond donors (Lipinski definition) is 1. The Morgan fingerprint density at radius 3 is 1.89 bits per heavy atom. The second-order valence-electron chi connectivity index (χ2n) is 9.75. The van der Waals surface area contributed by atoms with Gasteiger partial charge in [-0.1, -0.05) is 85.0 Å². The second-order valence-corrected chi connectivity index (χ2v) is 11.2. The summed E-state index contributed by atoms with van der Waals surface area (Å²) in [7, 11) is -4.15. The lowest BCUT2D eigenvalue weighted by molar-refractivity contribution is -0.128. The van der Waals surface area contributed by atoms with E-state index in [0.717, 1.165) is 19.3 Å². The van der Waals surface area contributed by atoms with Crippen molar-refractivity contribution in [1.29, 1.82) is 0 Å². The third-order valence-electron chi connectivity index (χ3n) is 8.02. The fraction of sp³-hybridized carbons (Fsp3) is 0.955. The molecule has 5 heteroatoms. The van der Waals surface area contributed by atoms with Crippen LogP contribution in [0.3, 0.4) is 0 Å². The minimum atomic E-state index is -4.15. The van der Waals surface area contributed by atoms with Crippen molar-refractivity contribution in [3.05, 3.63) is 0 Å². The molecule has 0 aromatic carbocycles. The molecule has 0 saturated heterocycles. The zero-order valence-corrected chi connectivity index (χ0v) is 18.5. The molecule has 0 aliphatic heterocycles. The molecule has 2 unspecified atom stereocenters. The molecule has 1 N–H and O–H groups in total. The number of carbonyl (C=O) groups is 1. The van der Waals surface area contributed by atoms with Crippen molar-refractivity contribution in [2.45, 2.75) is 111 Å². The molecule has 0 aromatic heterocycles. The SMILES string of the molecule is CCCCCCCCCCCCC12CCC(CS(=O)(=O)O)(C(=O)C1)C2(C)C. The Morgan fingerprint density at radius 2 is 1.41 bits per heavy atom. The summed E-state index contributed by atoms with van der Waals surface area (Å²) in [6.45, 7) is 6.37. The minimum absolute atomic E-state index is 0.0588. The zero-order chi connectivity index (χ0) is 20.2. The number of hydrogen-bond acceptors (Lipinski definition) is 3. The van der Waals surface area contributed by atoms with Crippen LogP contribution in [-0.2, 0) is 14.9 Å². The first kappa shape index (κ1) is 22.9. The molecule has 0 radical (unpaired) electrons. The van der Waals surface area contributed by atoms with E-state index in [4.69, 9.17) is 0 Å². The van der Waals surface area contributed by atoms with Gasteiger partial charge < -0.3 is 0 Å². The average Bonchev–Trinajstić information content (AvgIpc) is 2.85. The molecule has 2 bridgehead atoms. The van der Waals surface area contributed by atoms with Gasteiger partial charge in [0.2, 0.25) is 0 Å². The molecule has 158 valence electrons. The van der Waals surface area contributed by atoms with Crippen LogP contribution in [0.15, 0.2) is 0 Å². The fourth-order valence-electron chi connectivity index (χ4n) is 5.98. The molecule has 0 spiro atoms. The normalized spacial score (nSPS) is 29.6. The van der Waals surface area contributed by atoms with Gasteiger partial charge in [-0.2, -0.15) is 8.42 Å². The predicted molar refractivity (Wildman–Crippen MR) is 110 cm³/mol. The summed E-state index contributed by atoms with van der Waals surface area (Å²) in [5, 5.41) is 0. The van der Waals surface area contributed by atoms with E-state index >= 15 is 0 Å². The van der Waals surface area contributed by atoms with Crippen molar-refractivity contribution in [2.75, 3.05) is 5.75 Å². The van der Waals surface area contributed by atoms with Crippen LogP contribution in [0.4, 0.5) is 0 Å². The van der Waals surface area contributed by atoms with Crippen molar-refractivity contribution in [3.8, 4) is 0 Å². The fourth-order valence-corrected chi connectivity index (χ4v) is 7.27. The Hall–Kier alpha value is -0.420. The largest absolute Gasteiger partial charge is 0.299 e. The van der Waals surface area contributed by atoms with Crippen molar-refractivity contribution in [1.82, 2.24) is 0 Å². The van der Waals surface area contributed by atoms with Crippen LogP contribution in [0, 0.1) is 16.2 Å². The first-order chi connectivity index (χ1) is 12.6. The lowest BCUT2D eigenvalue weighted by Crippen LogP contribution is -2.43. The average molecular weight is 401 g/mol. The maximum atomic E-state index is 12.8. The minimum Gasteiger partial charge on any atom is -0.299 e. The van der Waals surface area contributed by atoms with Gasteiger partial charge in [-0.05, 0) is 30.1 Å². The van der Waals surface area contributed by atoms with E-state index in [0.29, 0.717) is 12.8 Å². The number of carbonyl (C=O) groups excluding carboxylic acids is 1. The first-order valence-electron chi connectivity index (χ1n) is 11.1. The summed E-state index contributed by atoms with van der Waals surface area (Å²) in [4.78, 5) is 12.8. The summed E-state index contributed by atoms with van der Waals surface area (Å²) < 4.78 is 32.5. The predicted octanol–water partition coefficient (Wildman–Crippen LogP) is 5.95. The molecule has 2 aliphatic carbocycles. The smallest absolute Gasteiger partial charge is 0.265 e. The van der Waals surface area contributed by atoms with Crippen LogP contribution in [-0.4, -0.2) is 24.5 Å². The second kappa shape index (κ2) is 8.94. The summed E-state index contributed by atoms with van der Waals surface area (Å²) in [6.07, 6.45) is 16.0. The van der Waals surface area contributed by atoms with Crippen molar-refractivity contribution in [3.63, 3.8) is 0 Å². The van der Waals surface area contributed by atoms with Gasteiger partial charge in [-0.15, -0.1) is 0 Å². The zero-order valence-electron chi connectivity index (χ0n) is 17.7. The maximum Gasteiger partial charge on any atom is 0.265 e. The van der Waals surface area contributed by atoms with E-state index < -0.39 is 21.3 Å². The Morgan fingerprint density at radius 1 is 0.889 bits per heavy atom. The third kappa shape index (κ3) is 4.77. The highest BCUT2D eigenvalue weighted by Crippen LogP contribution is 2.72. The molecule has 4 nitrogen and oxygen atoms in total. The lowest BCUT2D eigenvalue weighted by atomic mass is 9.63. The van der Waals surface area contributed by atoms with Gasteiger partial charge in [0.15, 0.2) is 0 Å². The monoisotopic (exact) mass is 400 g/mol. The Labute approximate surface area is 166 Å². The molecule has 2 saturated carbocycles. The number of fused-ring (bicyclic) bond motifs is 2. The van der Waals surface area contributed by atoms with Crippen LogP contribution >= 0.6 is 0 Å². The Kier molecular flexibility index (Phi) is 7.57. The highest BCUT2D eigenvalue weighted by molar-refractivity contribution is 7.85. The maximum absolute atomic E-state index is 12.8. The van der Waals surface area contributed by atoms with Crippen LogP contribution in [0.25, 0.3) is 0 Å². The number of Topliss-reactive ketones (excluding diaryl/α,β-unsaturated/α-hetero) is 1. The molecule has 0 amide bonds. The van der Waals surface area contributed by atoms with E-state index in [1.807, 2.05) is 0 Å². The van der Waals surface area contributed by atoms with E-state index in [-0.39, 0.29) is 16.6 Å². The molecular formula is C22H40O4S. The van der Waals surface area contributed by atoms with E-state index in [1.54, 1.807) is 0 Å². The van der Waals surface area contributed by atoms with Gasteiger partial charge >= 0.3 is 0 Å². The van der Waals surface area contributed by atoms with Crippen LogP contribution < -0.4 is 0 Å². The standard InChI is InChI=1S/C22H40O4S/c1-4-5-6-7-8-9-10-11-12-13-14-21-15-16-22(19(23)17-21,20(21,2)3)18-27(24,25)26/h4-18H2,1-3H3,(H,24,25,26). The Bertz CT molecular complexity index is 610. The topological polar surface area (TPSA) is 71.4 Å². The third-order valence-corrected chi connectivity index (χ3v) is 8.88. The summed E-state index contributed by atoms with van der Waals surface area (Å²) in [6, 6.07) is 0. The van der Waals surface area contributed by atoms with Crippen molar-refractivity contribution < 1.29 is 17.8 Å². The van der Waals surface area contributed by atoms with E-state index in [2.05, 4.69) is 20.8 Å². The molecular weight excluding hydrogens is 360 g/mol. The van der Waals surface area contributed by atoms with Crippen LogP contribution in [0.5, 0.6) is 0 Å². The van der Waals surface area contributed by atoms with Crippen molar-refractivity contribution in [2.24, 2.45) is 16.2 Å². The van der Waals surface area contributed by atoms with Gasteiger partial charge in [0.05, 0.1) is 11.2 Å². The Balaban J connectivity index is 1.78. The van der Waals surface area contributed by atoms with Gasteiger partial charge in [-0.25, -0.2) is 0 Å². The number of ketones is 1. The quantitative estimate of drug-likeness (QED) is 0.306. The molecule has 0 heterocycles. The summed E-state index contributed by atoms with van der Waals surface area (Å²) >= 11 is 0. The van der Waals surface area contributed by atoms with Crippen molar-refractivity contribution >= 4 is 15.9 Å². The first-order valence-corrected chi connectivity index (χ1v) is 12.7. The highest BCUT2D eigenvalue weighted by atomic mass is 32.2. The number of unbranched alkanes of at least 4 members (excludes halogenated alkanes) is 9. The van der Waals surface area contributed by atoms with Gasteiger partial charge in [0.25, 0.3) is 10.1 Å². The van der Waals surface area contributed by atoms with Gasteiger partial charge in [0, 0.05) is 6.42 Å². The number of rotatable bonds is 13. The molecule has 2 atom stereocenters. The van der Waals surface area contributed by atoms with Gasteiger partial charge in [0.1, 0.15) is 5.78 Å². The summed E-state index contributed by atoms with van der Waals surface area (Å²) in [5.41, 5.74) is -1.31. The lowest BCUT2D eigenvalue weighted by Gasteiger charge is -2.41. The summed E-state index contributed by atoms with van der Waals surface area (Å²) in [5.74, 6) is -0.338. The van der Waals surface area contributed by atoms with Crippen LogP contribution in [0.2, 0.25) is 0 Å². The molecule has 2 aliphatic rings. The molecule has 2 fully saturated rings. The van der Waals surface area contributed by atoms with Crippen LogP contribution in [0.1, 0.15) is 111 Å². The molecule has 27 heavy (non-hydrogen) atoms. The highest BCUT2D eigenvalue weighted by Gasteiger charge is 2.71. The molecule has 2 rings (SSSR count). The molecule has 0 aromatic rings. The van der Waals surface area contributed by atoms with E-state index in [1.165, 1.54) is 57.8 Å². The van der Waals surface area contributed by atoms with E-state index in [9.17, 15) is 17.8 Å². The van der Waals surface area contributed by atoms with Gasteiger partial charge in [-0.3, -0.25) is 9.35 Å².